The SMILES string of the molecule is [C-]#[N+]C(C#N)C(C)(C(=O)OC)C1CCC(CC)CC1. The van der Waals surface area contributed by atoms with Crippen molar-refractivity contribution in [2.75, 3.05) is 7.11 Å². The smallest absolute Gasteiger partial charge is 0.323 e. The number of nitrogens with zero attached hydrogens (tertiary/aromatic N) is 2. The van der Waals surface area contributed by atoms with Crippen LogP contribution in [0.1, 0.15) is 46.0 Å². The lowest BCUT2D eigenvalue weighted by Crippen LogP contribution is -2.46. The van der Waals surface area contributed by atoms with Gasteiger partial charge in [-0.05, 0) is 31.6 Å². The van der Waals surface area contributed by atoms with Crippen LogP contribution in [-0.4, -0.2) is 19.1 Å². The van der Waals surface area contributed by atoms with E-state index < -0.39 is 17.4 Å². The second kappa shape index (κ2) is 6.57. The highest BCUT2D eigenvalue weighted by Gasteiger charge is 2.54. The van der Waals surface area contributed by atoms with Crippen molar-refractivity contribution in [2.45, 2.75) is 52.0 Å². The summed E-state index contributed by atoms with van der Waals surface area (Å²) in [5, 5.41) is 9.16. The van der Waals surface area contributed by atoms with Crippen molar-refractivity contribution in [1.29, 1.82) is 5.26 Å². The van der Waals surface area contributed by atoms with E-state index in [0.717, 1.165) is 32.1 Å². The maximum Gasteiger partial charge on any atom is 0.323 e. The number of nitriles is 1. The van der Waals surface area contributed by atoms with E-state index in [2.05, 4.69) is 11.8 Å². The Bertz CT molecular complexity index is 385. The second-order valence-electron chi connectivity index (χ2n) is 5.56. The zero-order valence-corrected chi connectivity index (χ0v) is 12.0. The first-order chi connectivity index (χ1) is 9.04. The topological polar surface area (TPSA) is 54.5 Å². The van der Waals surface area contributed by atoms with Gasteiger partial charge in [0.2, 0.25) is 0 Å². The van der Waals surface area contributed by atoms with E-state index in [0.29, 0.717) is 5.92 Å². The maximum absolute atomic E-state index is 12.1. The van der Waals surface area contributed by atoms with Crippen LogP contribution < -0.4 is 0 Å². The molecule has 1 fully saturated rings. The Hall–Kier alpha value is -1.55. The molecule has 0 saturated heterocycles. The van der Waals surface area contributed by atoms with Crippen molar-refractivity contribution in [3.8, 4) is 6.07 Å². The minimum atomic E-state index is -0.996. The van der Waals surface area contributed by atoms with Crippen molar-refractivity contribution in [2.24, 2.45) is 17.3 Å². The van der Waals surface area contributed by atoms with Crippen molar-refractivity contribution in [3.63, 3.8) is 0 Å². The van der Waals surface area contributed by atoms with Crippen LogP contribution in [0.3, 0.4) is 0 Å². The third kappa shape index (κ3) is 2.89. The fourth-order valence-electron chi connectivity index (χ4n) is 3.19. The van der Waals surface area contributed by atoms with Crippen molar-refractivity contribution < 1.29 is 9.53 Å². The molecule has 0 aliphatic heterocycles. The summed E-state index contributed by atoms with van der Waals surface area (Å²) in [4.78, 5) is 15.5. The minimum Gasteiger partial charge on any atom is -0.468 e. The Balaban J connectivity index is 2.97. The molecule has 0 amide bonds. The molecule has 2 atom stereocenters. The van der Waals surface area contributed by atoms with Gasteiger partial charge in [0, 0.05) is 0 Å². The summed E-state index contributed by atoms with van der Waals surface area (Å²) in [6, 6.07) is 1.02. The van der Waals surface area contributed by atoms with Crippen LogP contribution in [0, 0.1) is 35.2 Å². The van der Waals surface area contributed by atoms with Crippen molar-refractivity contribution in [1.82, 2.24) is 0 Å². The number of rotatable bonds is 4. The van der Waals surface area contributed by atoms with Gasteiger partial charge in [-0.3, -0.25) is 9.64 Å². The summed E-state index contributed by atoms with van der Waals surface area (Å²) < 4.78 is 4.87. The fraction of sp³-hybridized carbons (Fsp3) is 0.800. The second-order valence-corrected chi connectivity index (χ2v) is 5.56. The molecule has 1 aliphatic carbocycles. The van der Waals surface area contributed by atoms with Gasteiger partial charge in [-0.25, -0.2) is 6.57 Å². The van der Waals surface area contributed by atoms with Gasteiger partial charge in [-0.1, -0.05) is 26.2 Å². The van der Waals surface area contributed by atoms with Crippen LogP contribution in [-0.2, 0) is 9.53 Å². The van der Waals surface area contributed by atoms with Gasteiger partial charge >= 0.3 is 12.0 Å². The number of hydrogen-bond donors (Lipinski definition) is 0. The molecule has 1 rings (SSSR count). The Kier molecular flexibility index (Phi) is 5.36. The zero-order chi connectivity index (χ0) is 14.5. The quantitative estimate of drug-likeness (QED) is 0.577. The maximum atomic E-state index is 12.1. The Morgan fingerprint density at radius 2 is 2.11 bits per heavy atom. The van der Waals surface area contributed by atoms with E-state index >= 15 is 0 Å². The van der Waals surface area contributed by atoms with E-state index in [9.17, 15) is 4.79 Å². The molecule has 1 aliphatic rings. The molecule has 4 heteroatoms. The number of esters is 1. The molecule has 1 saturated carbocycles. The average molecular weight is 262 g/mol. The number of carbonyl (C=O) groups excluding carboxylic acids is 1. The number of methoxy groups -OCH3 is 1. The number of hydrogen-bond acceptors (Lipinski definition) is 3. The van der Waals surface area contributed by atoms with E-state index in [1.807, 2.05) is 6.07 Å². The number of ether oxygens (including phenoxy) is 1. The molecular formula is C15H22N2O2. The molecule has 0 radical (unpaired) electrons. The van der Waals surface area contributed by atoms with E-state index in [1.165, 1.54) is 7.11 Å². The average Bonchev–Trinajstić information content (AvgIpc) is 2.47. The van der Waals surface area contributed by atoms with Gasteiger partial charge in [0.15, 0.2) is 11.5 Å². The summed E-state index contributed by atoms with van der Waals surface area (Å²) in [7, 11) is 1.33. The normalized spacial score (nSPS) is 27.4. The first kappa shape index (κ1) is 15.5. The molecule has 0 aromatic rings. The molecule has 0 spiro atoms. The van der Waals surface area contributed by atoms with E-state index in [-0.39, 0.29) is 5.92 Å². The molecule has 0 heterocycles. The highest BCUT2D eigenvalue weighted by Crippen LogP contribution is 2.44. The van der Waals surface area contributed by atoms with Crippen LogP contribution in [0.25, 0.3) is 4.85 Å². The highest BCUT2D eigenvalue weighted by molar-refractivity contribution is 5.78. The van der Waals surface area contributed by atoms with Crippen LogP contribution in [0.5, 0.6) is 0 Å². The Morgan fingerprint density at radius 1 is 1.53 bits per heavy atom. The Labute approximate surface area is 115 Å². The fourth-order valence-corrected chi connectivity index (χ4v) is 3.19. The predicted molar refractivity (Wildman–Crippen MR) is 71.9 cm³/mol. The molecule has 0 bridgehead atoms. The standard InChI is InChI=1S/C15H22N2O2/c1-5-11-6-8-12(9-7-11)15(2,14(18)19-4)13(10-16)17-3/h11-13H,5-9H2,1-2,4H3. The molecule has 19 heavy (non-hydrogen) atoms. The van der Waals surface area contributed by atoms with Crippen LogP contribution in [0.15, 0.2) is 0 Å². The summed E-state index contributed by atoms with van der Waals surface area (Å²) in [5.41, 5.74) is -0.996. The van der Waals surface area contributed by atoms with E-state index in [4.69, 9.17) is 16.6 Å². The summed E-state index contributed by atoms with van der Waals surface area (Å²) >= 11 is 0. The van der Waals surface area contributed by atoms with Gasteiger partial charge < -0.3 is 4.74 Å². The molecule has 104 valence electrons. The Morgan fingerprint density at radius 3 is 2.47 bits per heavy atom. The van der Waals surface area contributed by atoms with Crippen LogP contribution in [0.4, 0.5) is 0 Å². The van der Waals surface area contributed by atoms with Crippen LogP contribution >= 0.6 is 0 Å². The minimum absolute atomic E-state index is 0.0708. The summed E-state index contributed by atoms with van der Waals surface area (Å²) in [6.45, 7) is 11.1. The van der Waals surface area contributed by atoms with Crippen molar-refractivity contribution in [3.05, 3.63) is 11.4 Å². The molecular weight excluding hydrogens is 240 g/mol. The molecule has 4 nitrogen and oxygen atoms in total. The van der Waals surface area contributed by atoms with Gasteiger partial charge in [0.05, 0.1) is 7.11 Å². The summed E-state index contributed by atoms with van der Waals surface area (Å²) in [6.07, 6.45) is 5.11. The monoisotopic (exact) mass is 262 g/mol. The van der Waals surface area contributed by atoms with Crippen molar-refractivity contribution >= 4 is 5.97 Å². The largest absolute Gasteiger partial charge is 0.468 e. The first-order valence-corrected chi connectivity index (χ1v) is 6.89. The first-order valence-electron chi connectivity index (χ1n) is 6.89. The van der Waals surface area contributed by atoms with E-state index in [1.54, 1.807) is 6.92 Å². The van der Waals surface area contributed by atoms with Gasteiger partial charge in [0.25, 0.3) is 0 Å². The van der Waals surface area contributed by atoms with Gasteiger partial charge in [-0.2, -0.15) is 5.26 Å². The highest BCUT2D eigenvalue weighted by atomic mass is 16.5. The zero-order valence-electron chi connectivity index (χ0n) is 12.0. The lowest BCUT2D eigenvalue weighted by atomic mass is 9.64. The van der Waals surface area contributed by atoms with Gasteiger partial charge in [0.1, 0.15) is 0 Å². The van der Waals surface area contributed by atoms with Crippen LogP contribution in [0.2, 0.25) is 0 Å². The molecule has 2 unspecified atom stereocenters. The molecule has 0 N–H and O–H groups in total. The number of carbonyl (C=O) groups is 1. The summed E-state index contributed by atoms with van der Waals surface area (Å²) in [5.74, 6) is 0.364. The third-order valence-electron chi connectivity index (χ3n) is 4.72. The molecule has 0 aromatic heterocycles. The lowest BCUT2D eigenvalue weighted by molar-refractivity contribution is -0.156. The molecule has 0 aromatic carbocycles. The third-order valence-corrected chi connectivity index (χ3v) is 4.72. The predicted octanol–water partition coefficient (Wildman–Crippen LogP) is 3.19. The lowest BCUT2D eigenvalue weighted by Gasteiger charge is -2.37. The van der Waals surface area contributed by atoms with Gasteiger partial charge in [-0.15, -0.1) is 0 Å².